The van der Waals surface area contributed by atoms with Crippen molar-refractivity contribution in [2.24, 2.45) is 5.92 Å². The van der Waals surface area contributed by atoms with Gasteiger partial charge in [-0.15, -0.1) is 0 Å². The molecule has 0 aliphatic carbocycles. The normalized spacial score (nSPS) is 25.0. The van der Waals surface area contributed by atoms with Gasteiger partial charge in [-0.05, 0) is 54.0 Å². The minimum Gasteiger partial charge on any atom is -0.378 e. The Labute approximate surface area is 138 Å². The zero-order chi connectivity index (χ0) is 15.5. The SMILES string of the molecule is c1cncc(-c2cccc(CN3CC[C@@H]4OCCC[C@H]4C3)c2)c1. The number of piperidine rings is 1. The summed E-state index contributed by atoms with van der Waals surface area (Å²) >= 11 is 0. The molecule has 2 aliphatic rings. The Morgan fingerprint density at radius 1 is 1.13 bits per heavy atom. The number of nitrogens with zero attached hydrogens (tertiary/aromatic N) is 2. The zero-order valence-corrected chi connectivity index (χ0v) is 13.5. The lowest BCUT2D eigenvalue weighted by Crippen LogP contribution is -2.45. The average Bonchev–Trinajstić information content (AvgIpc) is 2.63. The maximum atomic E-state index is 5.92. The molecule has 0 N–H and O–H groups in total. The zero-order valence-electron chi connectivity index (χ0n) is 13.5. The molecule has 0 radical (unpaired) electrons. The summed E-state index contributed by atoms with van der Waals surface area (Å²) in [5, 5.41) is 0. The van der Waals surface area contributed by atoms with Crippen LogP contribution in [0, 0.1) is 5.92 Å². The number of fused-ring (bicyclic) bond motifs is 1. The van der Waals surface area contributed by atoms with Gasteiger partial charge in [-0.25, -0.2) is 0 Å². The number of hydrogen-bond donors (Lipinski definition) is 0. The monoisotopic (exact) mass is 308 g/mol. The molecular formula is C20H24N2O. The molecule has 3 heterocycles. The molecule has 2 saturated heterocycles. The van der Waals surface area contributed by atoms with Crippen molar-refractivity contribution in [2.45, 2.75) is 31.9 Å². The highest BCUT2D eigenvalue weighted by Gasteiger charge is 2.31. The van der Waals surface area contributed by atoms with Gasteiger partial charge < -0.3 is 4.74 Å². The summed E-state index contributed by atoms with van der Waals surface area (Å²) in [6, 6.07) is 13.0. The Kier molecular flexibility index (Phi) is 4.40. The number of pyridine rings is 1. The molecular weight excluding hydrogens is 284 g/mol. The van der Waals surface area contributed by atoms with E-state index in [1.807, 2.05) is 18.5 Å². The van der Waals surface area contributed by atoms with Crippen molar-refractivity contribution >= 4 is 0 Å². The molecule has 2 aromatic rings. The van der Waals surface area contributed by atoms with E-state index in [-0.39, 0.29) is 0 Å². The largest absolute Gasteiger partial charge is 0.378 e. The standard InChI is InChI=1S/C20H24N2O/c1-4-16(12-17(5-1)18-6-2-9-21-13-18)14-22-10-8-20-19(15-22)7-3-11-23-20/h1-2,4-6,9,12-13,19-20H,3,7-8,10-11,14-15H2/t19-,20-/m0/s1. The summed E-state index contributed by atoms with van der Waals surface area (Å²) in [5.74, 6) is 0.735. The van der Waals surface area contributed by atoms with Crippen LogP contribution < -0.4 is 0 Å². The molecule has 0 amide bonds. The molecule has 23 heavy (non-hydrogen) atoms. The van der Waals surface area contributed by atoms with Gasteiger partial charge in [-0.1, -0.05) is 24.3 Å². The average molecular weight is 308 g/mol. The first-order valence-electron chi connectivity index (χ1n) is 8.72. The third kappa shape index (κ3) is 3.46. The van der Waals surface area contributed by atoms with E-state index in [1.165, 1.54) is 42.5 Å². The lowest BCUT2D eigenvalue weighted by molar-refractivity contribution is -0.0676. The van der Waals surface area contributed by atoms with Crippen molar-refractivity contribution in [2.75, 3.05) is 19.7 Å². The van der Waals surface area contributed by atoms with E-state index in [0.29, 0.717) is 6.10 Å². The Morgan fingerprint density at radius 2 is 2.09 bits per heavy atom. The fourth-order valence-corrected chi connectivity index (χ4v) is 3.95. The third-order valence-electron chi connectivity index (χ3n) is 5.13. The molecule has 0 bridgehead atoms. The molecule has 0 saturated carbocycles. The van der Waals surface area contributed by atoms with Crippen LogP contribution in [0.2, 0.25) is 0 Å². The summed E-state index contributed by atoms with van der Waals surface area (Å²) in [5.41, 5.74) is 3.83. The Hall–Kier alpha value is -1.71. The number of aromatic nitrogens is 1. The van der Waals surface area contributed by atoms with Gasteiger partial charge in [0.25, 0.3) is 0 Å². The van der Waals surface area contributed by atoms with Crippen LogP contribution in [0.3, 0.4) is 0 Å². The smallest absolute Gasteiger partial charge is 0.0627 e. The van der Waals surface area contributed by atoms with Gasteiger partial charge in [-0.2, -0.15) is 0 Å². The third-order valence-corrected chi connectivity index (χ3v) is 5.13. The van der Waals surface area contributed by atoms with Gasteiger partial charge in [0.2, 0.25) is 0 Å². The Balaban J connectivity index is 1.45. The lowest BCUT2D eigenvalue weighted by atomic mass is 9.88. The number of rotatable bonds is 3. The van der Waals surface area contributed by atoms with E-state index in [4.69, 9.17) is 4.74 Å². The van der Waals surface area contributed by atoms with Crippen LogP contribution in [0.15, 0.2) is 48.8 Å². The molecule has 2 aliphatic heterocycles. The first kappa shape index (κ1) is 14.9. The summed E-state index contributed by atoms with van der Waals surface area (Å²) in [4.78, 5) is 6.82. The molecule has 3 nitrogen and oxygen atoms in total. The molecule has 4 rings (SSSR count). The molecule has 1 aromatic heterocycles. The molecule has 0 spiro atoms. The Morgan fingerprint density at radius 3 is 3.00 bits per heavy atom. The molecule has 2 atom stereocenters. The van der Waals surface area contributed by atoms with E-state index in [0.717, 1.165) is 25.6 Å². The van der Waals surface area contributed by atoms with Crippen molar-refractivity contribution in [3.05, 3.63) is 54.4 Å². The van der Waals surface area contributed by atoms with E-state index in [9.17, 15) is 0 Å². The van der Waals surface area contributed by atoms with Crippen LogP contribution in [0.5, 0.6) is 0 Å². The van der Waals surface area contributed by atoms with Crippen molar-refractivity contribution in [1.29, 1.82) is 0 Å². The van der Waals surface area contributed by atoms with Crippen LogP contribution in [-0.2, 0) is 11.3 Å². The number of hydrogen-bond acceptors (Lipinski definition) is 3. The first-order valence-corrected chi connectivity index (χ1v) is 8.72. The van der Waals surface area contributed by atoms with Gasteiger partial charge in [0.15, 0.2) is 0 Å². The van der Waals surface area contributed by atoms with Crippen molar-refractivity contribution < 1.29 is 4.74 Å². The van der Waals surface area contributed by atoms with Gasteiger partial charge in [0, 0.05) is 38.6 Å². The Bertz CT molecular complexity index is 643. The quantitative estimate of drug-likeness (QED) is 0.863. The van der Waals surface area contributed by atoms with Gasteiger partial charge in [0.1, 0.15) is 0 Å². The predicted molar refractivity (Wildman–Crippen MR) is 92.0 cm³/mol. The predicted octanol–water partition coefficient (Wildman–Crippen LogP) is 3.75. The fourth-order valence-electron chi connectivity index (χ4n) is 3.95. The molecule has 0 unspecified atom stereocenters. The minimum absolute atomic E-state index is 0.515. The van der Waals surface area contributed by atoms with E-state index < -0.39 is 0 Å². The molecule has 2 fully saturated rings. The van der Waals surface area contributed by atoms with Crippen molar-refractivity contribution in [1.82, 2.24) is 9.88 Å². The second-order valence-corrected chi connectivity index (χ2v) is 6.78. The van der Waals surface area contributed by atoms with Crippen LogP contribution in [-0.4, -0.2) is 35.7 Å². The van der Waals surface area contributed by atoms with Crippen LogP contribution in [0.4, 0.5) is 0 Å². The maximum absolute atomic E-state index is 5.92. The van der Waals surface area contributed by atoms with Crippen LogP contribution >= 0.6 is 0 Å². The van der Waals surface area contributed by atoms with Crippen molar-refractivity contribution in [3.8, 4) is 11.1 Å². The fraction of sp³-hybridized carbons (Fsp3) is 0.450. The van der Waals surface area contributed by atoms with Gasteiger partial charge >= 0.3 is 0 Å². The first-order chi connectivity index (χ1) is 11.4. The van der Waals surface area contributed by atoms with Gasteiger partial charge in [-0.3, -0.25) is 9.88 Å². The maximum Gasteiger partial charge on any atom is 0.0627 e. The number of likely N-dealkylation sites (tertiary alicyclic amines) is 1. The summed E-state index contributed by atoms with van der Waals surface area (Å²) in [7, 11) is 0. The van der Waals surface area contributed by atoms with E-state index in [2.05, 4.69) is 40.2 Å². The highest BCUT2D eigenvalue weighted by molar-refractivity contribution is 5.62. The van der Waals surface area contributed by atoms with Gasteiger partial charge in [0.05, 0.1) is 6.10 Å². The molecule has 120 valence electrons. The van der Waals surface area contributed by atoms with Crippen LogP contribution in [0.25, 0.3) is 11.1 Å². The topological polar surface area (TPSA) is 25.4 Å². The molecule has 3 heteroatoms. The van der Waals surface area contributed by atoms with Crippen LogP contribution in [0.1, 0.15) is 24.8 Å². The second-order valence-electron chi connectivity index (χ2n) is 6.78. The summed E-state index contributed by atoms with van der Waals surface area (Å²) in [6.07, 6.45) is 8.02. The second kappa shape index (κ2) is 6.81. The van der Waals surface area contributed by atoms with Crippen molar-refractivity contribution in [3.63, 3.8) is 0 Å². The molecule has 1 aromatic carbocycles. The van der Waals surface area contributed by atoms with E-state index >= 15 is 0 Å². The highest BCUT2D eigenvalue weighted by Crippen LogP contribution is 2.29. The summed E-state index contributed by atoms with van der Waals surface area (Å²) in [6.45, 7) is 4.34. The summed E-state index contributed by atoms with van der Waals surface area (Å²) < 4.78 is 5.92. The number of benzene rings is 1. The highest BCUT2D eigenvalue weighted by atomic mass is 16.5. The lowest BCUT2D eigenvalue weighted by Gasteiger charge is -2.41. The van der Waals surface area contributed by atoms with E-state index in [1.54, 1.807) is 0 Å². The minimum atomic E-state index is 0.515. The number of ether oxygens (including phenoxy) is 1.